The van der Waals surface area contributed by atoms with E-state index in [0.717, 1.165) is 37.4 Å². The highest BCUT2D eigenvalue weighted by Gasteiger charge is 2.33. The summed E-state index contributed by atoms with van der Waals surface area (Å²) in [7, 11) is 0. The van der Waals surface area contributed by atoms with E-state index in [1.165, 1.54) is 0 Å². The van der Waals surface area contributed by atoms with E-state index in [9.17, 15) is 9.90 Å². The number of rotatable bonds is 8. The molecule has 1 unspecified atom stereocenters. The summed E-state index contributed by atoms with van der Waals surface area (Å²) in [4.78, 5) is 24.6. The Kier molecular flexibility index (Phi) is 6.66. The summed E-state index contributed by atoms with van der Waals surface area (Å²) >= 11 is 1.63. The normalized spacial score (nSPS) is 15.2. The van der Waals surface area contributed by atoms with Gasteiger partial charge in [-0.05, 0) is 53.1 Å². The SMILES string of the molecule is O=C1CC(Nc2nc(NCc3ccccc3Sc3ccccc3CO)nc3ccccc23)c2cc3c(cc21)OCO3. The number of carbonyl (C=O) groups excluding carboxylic acids is 1. The van der Waals surface area contributed by atoms with Gasteiger partial charge in [0.1, 0.15) is 5.82 Å². The van der Waals surface area contributed by atoms with Crippen LogP contribution in [0.2, 0.25) is 0 Å². The van der Waals surface area contributed by atoms with E-state index in [4.69, 9.17) is 19.4 Å². The topological polar surface area (TPSA) is 106 Å². The average molecular weight is 563 g/mol. The number of aliphatic hydroxyl groups excluding tert-OH is 1. The molecular formula is C32H26N4O4S. The highest BCUT2D eigenvalue weighted by Crippen LogP contribution is 2.43. The van der Waals surface area contributed by atoms with E-state index < -0.39 is 0 Å². The number of hydrogen-bond acceptors (Lipinski definition) is 9. The van der Waals surface area contributed by atoms with Crippen LogP contribution in [-0.4, -0.2) is 27.7 Å². The quantitative estimate of drug-likeness (QED) is 0.199. The van der Waals surface area contributed by atoms with E-state index in [1.807, 2.05) is 66.7 Å². The van der Waals surface area contributed by atoms with E-state index in [1.54, 1.807) is 17.8 Å². The molecule has 2 heterocycles. The summed E-state index contributed by atoms with van der Waals surface area (Å²) in [5.74, 6) is 2.45. The van der Waals surface area contributed by atoms with Crippen molar-refractivity contribution in [2.24, 2.45) is 0 Å². The van der Waals surface area contributed by atoms with Gasteiger partial charge in [-0.1, -0.05) is 60.3 Å². The van der Waals surface area contributed by atoms with Crippen LogP contribution < -0.4 is 20.1 Å². The van der Waals surface area contributed by atoms with Gasteiger partial charge in [0.25, 0.3) is 0 Å². The van der Waals surface area contributed by atoms with Gasteiger partial charge in [0, 0.05) is 33.7 Å². The molecule has 204 valence electrons. The first-order valence-electron chi connectivity index (χ1n) is 13.3. The fourth-order valence-electron chi connectivity index (χ4n) is 5.23. The predicted molar refractivity (Wildman–Crippen MR) is 158 cm³/mol. The maximum Gasteiger partial charge on any atom is 0.231 e. The lowest BCUT2D eigenvalue weighted by molar-refractivity contribution is 0.0990. The van der Waals surface area contributed by atoms with Gasteiger partial charge in [0.05, 0.1) is 18.2 Å². The molecule has 1 aliphatic carbocycles. The molecule has 3 N–H and O–H groups in total. The Hall–Kier alpha value is -4.60. The van der Waals surface area contributed by atoms with Gasteiger partial charge in [-0.2, -0.15) is 4.98 Å². The second-order valence-electron chi connectivity index (χ2n) is 9.86. The number of fused-ring (bicyclic) bond motifs is 3. The summed E-state index contributed by atoms with van der Waals surface area (Å²) in [5.41, 5.74) is 4.31. The lowest BCUT2D eigenvalue weighted by atomic mass is 10.1. The summed E-state index contributed by atoms with van der Waals surface area (Å²) in [6.07, 6.45) is 0.319. The summed E-state index contributed by atoms with van der Waals surface area (Å²) in [6, 6.07) is 27.3. The van der Waals surface area contributed by atoms with Crippen LogP contribution in [0, 0.1) is 0 Å². The van der Waals surface area contributed by atoms with Crippen molar-refractivity contribution in [2.45, 2.75) is 35.4 Å². The van der Waals surface area contributed by atoms with Crippen LogP contribution in [0.15, 0.2) is 94.7 Å². The van der Waals surface area contributed by atoms with E-state index in [0.29, 0.717) is 41.8 Å². The predicted octanol–water partition coefficient (Wildman–Crippen LogP) is 6.35. The Morgan fingerprint density at radius 3 is 2.41 bits per heavy atom. The van der Waals surface area contributed by atoms with Crippen LogP contribution in [0.3, 0.4) is 0 Å². The van der Waals surface area contributed by atoms with E-state index in [-0.39, 0.29) is 25.2 Å². The first kappa shape index (κ1) is 25.4. The molecule has 0 radical (unpaired) electrons. The van der Waals surface area contributed by atoms with E-state index >= 15 is 0 Å². The number of carbonyl (C=O) groups is 1. The number of ketones is 1. The zero-order chi connectivity index (χ0) is 27.8. The summed E-state index contributed by atoms with van der Waals surface area (Å²) in [6.45, 7) is 0.660. The Balaban J connectivity index is 1.16. The number of Topliss-reactive ketones (excluding diaryl/α,β-unsaturated/α-hetero) is 1. The second-order valence-corrected chi connectivity index (χ2v) is 10.9. The first-order chi connectivity index (χ1) is 20.2. The van der Waals surface area contributed by atoms with Crippen LogP contribution >= 0.6 is 11.8 Å². The molecule has 4 aromatic carbocycles. The minimum absolute atomic E-state index is 0.00929. The van der Waals surface area contributed by atoms with Crippen LogP contribution in [-0.2, 0) is 13.2 Å². The molecular weight excluding hydrogens is 536 g/mol. The largest absolute Gasteiger partial charge is 0.454 e. The standard InChI is InChI=1S/C32H26N4O4S/c37-17-20-8-2-6-12-30(20)41-29-11-5-1-7-19(29)16-33-32-35-24-10-4-3-9-21(24)31(36-32)34-25-15-26(38)23-14-28-27(13-22(23)25)39-18-40-28/h1-14,25,37H,15-18H2,(H2,33,34,35,36). The summed E-state index contributed by atoms with van der Waals surface area (Å²) < 4.78 is 11.0. The van der Waals surface area contributed by atoms with Crippen molar-refractivity contribution < 1.29 is 19.4 Å². The zero-order valence-electron chi connectivity index (χ0n) is 22.0. The monoisotopic (exact) mass is 562 g/mol. The molecule has 41 heavy (non-hydrogen) atoms. The van der Waals surface area contributed by atoms with Crippen molar-refractivity contribution in [3.8, 4) is 11.5 Å². The lowest BCUT2D eigenvalue weighted by Gasteiger charge is -2.17. The van der Waals surface area contributed by atoms with Crippen molar-refractivity contribution >= 4 is 40.2 Å². The van der Waals surface area contributed by atoms with Gasteiger partial charge in [0.2, 0.25) is 12.7 Å². The number of hydrogen-bond donors (Lipinski definition) is 3. The van der Waals surface area contributed by atoms with Gasteiger partial charge < -0.3 is 25.2 Å². The summed E-state index contributed by atoms with van der Waals surface area (Å²) in [5, 5.41) is 17.6. The fraction of sp³-hybridized carbons (Fsp3) is 0.156. The Morgan fingerprint density at radius 2 is 1.59 bits per heavy atom. The Labute approximate surface area is 240 Å². The smallest absolute Gasteiger partial charge is 0.231 e. The molecule has 1 atom stereocenters. The van der Waals surface area contributed by atoms with Crippen molar-refractivity contribution in [1.82, 2.24) is 9.97 Å². The van der Waals surface area contributed by atoms with Crippen LogP contribution in [0.1, 0.15) is 39.5 Å². The van der Waals surface area contributed by atoms with Crippen LogP contribution in [0.5, 0.6) is 11.5 Å². The molecule has 0 saturated heterocycles. The van der Waals surface area contributed by atoms with Crippen LogP contribution in [0.25, 0.3) is 10.9 Å². The average Bonchev–Trinajstić information content (AvgIpc) is 3.59. The minimum Gasteiger partial charge on any atom is -0.454 e. The minimum atomic E-state index is -0.248. The maximum absolute atomic E-state index is 12.9. The number of aliphatic hydroxyl groups is 1. The molecule has 8 nitrogen and oxygen atoms in total. The fourth-order valence-corrected chi connectivity index (χ4v) is 6.29. The first-order valence-corrected chi connectivity index (χ1v) is 14.2. The Bertz CT molecular complexity index is 1790. The molecule has 7 rings (SSSR count). The van der Waals surface area contributed by atoms with E-state index in [2.05, 4.69) is 22.8 Å². The highest BCUT2D eigenvalue weighted by molar-refractivity contribution is 7.99. The third kappa shape index (κ3) is 4.94. The number of benzene rings is 4. The molecule has 9 heteroatoms. The molecule has 0 fully saturated rings. The molecule has 0 bridgehead atoms. The van der Waals surface area contributed by atoms with Crippen molar-refractivity contribution in [3.05, 3.63) is 107 Å². The lowest BCUT2D eigenvalue weighted by Crippen LogP contribution is -2.12. The van der Waals surface area contributed by atoms with Crippen LogP contribution in [0.4, 0.5) is 11.8 Å². The third-order valence-corrected chi connectivity index (χ3v) is 8.53. The number of nitrogens with zero attached hydrogens (tertiary/aromatic N) is 2. The highest BCUT2D eigenvalue weighted by atomic mass is 32.2. The van der Waals surface area contributed by atoms with Crippen molar-refractivity contribution in [3.63, 3.8) is 0 Å². The number of ether oxygens (including phenoxy) is 2. The molecule has 1 aliphatic heterocycles. The molecule has 1 aromatic heterocycles. The number of aromatic nitrogens is 2. The maximum atomic E-state index is 12.9. The number of nitrogens with one attached hydrogen (secondary N) is 2. The molecule has 0 amide bonds. The van der Waals surface area contributed by atoms with Gasteiger partial charge in [-0.3, -0.25) is 4.79 Å². The number of para-hydroxylation sites is 1. The Morgan fingerprint density at radius 1 is 0.878 bits per heavy atom. The van der Waals surface area contributed by atoms with Crippen molar-refractivity contribution in [2.75, 3.05) is 17.4 Å². The van der Waals surface area contributed by atoms with Gasteiger partial charge in [-0.15, -0.1) is 0 Å². The number of anilines is 2. The zero-order valence-corrected chi connectivity index (χ0v) is 22.8. The molecule has 0 spiro atoms. The van der Waals surface area contributed by atoms with Gasteiger partial charge in [0.15, 0.2) is 17.3 Å². The molecule has 0 saturated carbocycles. The van der Waals surface area contributed by atoms with Gasteiger partial charge >= 0.3 is 0 Å². The second kappa shape index (κ2) is 10.8. The molecule has 5 aromatic rings. The van der Waals surface area contributed by atoms with Crippen molar-refractivity contribution in [1.29, 1.82) is 0 Å². The molecule has 2 aliphatic rings. The third-order valence-electron chi connectivity index (χ3n) is 7.30. The van der Waals surface area contributed by atoms with Gasteiger partial charge in [-0.25, -0.2) is 4.98 Å².